The first kappa shape index (κ1) is 7.02. The normalized spacial score (nSPS) is 10.4. The summed E-state index contributed by atoms with van der Waals surface area (Å²) in [6.45, 7) is 2.09. The summed E-state index contributed by atoms with van der Waals surface area (Å²) in [7, 11) is 0. The van der Waals surface area contributed by atoms with Crippen LogP contribution in [0, 0.1) is 0 Å². The van der Waals surface area contributed by atoms with Crippen LogP contribution in [0.15, 0.2) is 12.1 Å². The maximum atomic E-state index is 3.79. The monoisotopic (exact) mass is 163 g/mol. The van der Waals surface area contributed by atoms with Crippen molar-refractivity contribution in [3.05, 3.63) is 17.8 Å². The molecule has 0 atom stereocenters. The summed E-state index contributed by atoms with van der Waals surface area (Å²) in [5, 5.41) is 13.5. The van der Waals surface area contributed by atoms with E-state index in [0.717, 1.165) is 12.1 Å². The van der Waals surface area contributed by atoms with Crippen LogP contribution in [-0.4, -0.2) is 25.6 Å². The molecule has 2 rings (SSSR count). The Morgan fingerprint density at radius 3 is 2.92 bits per heavy atom. The third-order valence-electron chi connectivity index (χ3n) is 1.73. The molecule has 0 aromatic carbocycles. The number of H-pyrrole nitrogens is 2. The van der Waals surface area contributed by atoms with Gasteiger partial charge in [0.15, 0.2) is 5.82 Å². The molecule has 0 aliphatic heterocycles. The van der Waals surface area contributed by atoms with Gasteiger partial charge in [0.1, 0.15) is 0 Å². The zero-order chi connectivity index (χ0) is 8.39. The van der Waals surface area contributed by atoms with Gasteiger partial charge < -0.3 is 4.98 Å². The second-order valence-corrected chi connectivity index (χ2v) is 2.50. The molecular weight excluding hydrogens is 154 g/mol. The Labute approximate surface area is 69.2 Å². The fourth-order valence-corrected chi connectivity index (χ4v) is 1.06. The summed E-state index contributed by atoms with van der Waals surface area (Å²) >= 11 is 0. The molecule has 0 saturated heterocycles. The van der Waals surface area contributed by atoms with Gasteiger partial charge in [-0.25, -0.2) is 5.10 Å². The average molecular weight is 163 g/mol. The topological polar surface area (TPSA) is 70.2 Å². The molecular formula is C7H9N5. The fourth-order valence-electron chi connectivity index (χ4n) is 1.06. The lowest BCUT2D eigenvalue weighted by atomic mass is 10.3. The van der Waals surface area contributed by atoms with E-state index < -0.39 is 0 Å². The Bertz CT molecular complexity index is 348. The van der Waals surface area contributed by atoms with Crippen LogP contribution in [0.25, 0.3) is 11.5 Å². The Morgan fingerprint density at radius 1 is 1.42 bits per heavy atom. The van der Waals surface area contributed by atoms with Crippen LogP contribution in [-0.2, 0) is 6.42 Å². The van der Waals surface area contributed by atoms with Crippen molar-refractivity contribution < 1.29 is 0 Å². The van der Waals surface area contributed by atoms with E-state index in [2.05, 4.69) is 32.5 Å². The number of hydrogen-bond acceptors (Lipinski definition) is 3. The standard InChI is InChI=1S/C7H9N5/c1-2-5-3-4-6(8-5)7-9-11-12-10-7/h3-4,8H,2H2,1H3,(H,9,10,11,12). The first-order valence-electron chi connectivity index (χ1n) is 3.82. The minimum absolute atomic E-state index is 0.676. The van der Waals surface area contributed by atoms with Crippen molar-refractivity contribution in [1.82, 2.24) is 25.6 Å². The van der Waals surface area contributed by atoms with Crippen molar-refractivity contribution in [1.29, 1.82) is 0 Å². The lowest BCUT2D eigenvalue weighted by Gasteiger charge is -1.88. The fraction of sp³-hybridized carbons (Fsp3) is 0.286. The van der Waals surface area contributed by atoms with Crippen molar-refractivity contribution in [2.75, 3.05) is 0 Å². The van der Waals surface area contributed by atoms with Gasteiger partial charge in [-0.3, -0.25) is 0 Å². The van der Waals surface area contributed by atoms with Crippen LogP contribution in [0.1, 0.15) is 12.6 Å². The highest BCUT2D eigenvalue weighted by atomic mass is 15.5. The molecule has 0 fully saturated rings. The number of hydrogen-bond donors (Lipinski definition) is 2. The summed E-state index contributed by atoms with van der Waals surface area (Å²) < 4.78 is 0. The van der Waals surface area contributed by atoms with Gasteiger partial charge in [0.2, 0.25) is 0 Å². The quantitative estimate of drug-likeness (QED) is 0.686. The van der Waals surface area contributed by atoms with Gasteiger partial charge in [-0.1, -0.05) is 6.92 Å². The number of tetrazole rings is 1. The number of rotatable bonds is 2. The van der Waals surface area contributed by atoms with Crippen LogP contribution in [0.3, 0.4) is 0 Å². The minimum Gasteiger partial charge on any atom is -0.356 e. The summed E-state index contributed by atoms with van der Waals surface area (Å²) in [5.74, 6) is 0.676. The first-order chi connectivity index (χ1) is 5.90. The van der Waals surface area contributed by atoms with Crippen LogP contribution < -0.4 is 0 Å². The highest BCUT2D eigenvalue weighted by molar-refractivity contribution is 5.48. The highest BCUT2D eigenvalue weighted by Gasteiger charge is 2.02. The molecule has 2 N–H and O–H groups in total. The number of aromatic nitrogens is 5. The van der Waals surface area contributed by atoms with E-state index in [1.165, 1.54) is 5.69 Å². The Balaban J connectivity index is 2.35. The zero-order valence-electron chi connectivity index (χ0n) is 6.70. The first-order valence-corrected chi connectivity index (χ1v) is 3.82. The van der Waals surface area contributed by atoms with E-state index in [4.69, 9.17) is 0 Å². The van der Waals surface area contributed by atoms with Crippen molar-refractivity contribution in [2.24, 2.45) is 0 Å². The van der Waals surface area contributed by atoms with Crippen molar-refractivity contribution in [2.45, 2.75) is 13.3 Å². The minimum atomic E-state index is 0.676. The molecule has 5 heteroatoms. The molecule has 12 heavy (non-hydrogen) atoms. The van der Waals surface area contributed by atoms with Crippen LogP contribution in [0.5, 0.6) is 0 Å². The predicted octanol–water partition coefficient (Wildman–Crippen LogP) is 0.757. The highest BCUT2D eigenvalue weighted by Crippen LogP contribution is 2.11. The number of aryl methyl sites for hydroxylation is 1. The van der Waals surface area contributed by atoms with E-state index in [-0.39, 0.29) is 0 Å². The van der Waals surface area contributed by atoms with E-state index in [0.29, 0.717) is 5.82 Å². The molecule has 2 aromatic rings. The SMILES string of the molecule is CCc1ccc(-c2nnn[nH]2)[nH]1. The average Bonchev–Trinajstić information content (AvgIpc) is 2.75. The van der Waals surface area contributed by atoms with Crippen LogP contribution in [0.4, 0.5) is 0 Å². The molecule has 0 aliphatic rings. The molecule has 0 aliphatic carbocycles. The van der Waals surface area contributed by atoms with Gasteiger partial charge in [-0.2, -0.15) is 0 Å². The van der Waals surface area contributed by atoms with Crippen LogP contribution >= 0.6 is 0 Å². The van der Waals surface area contributed by atoms with Gasteiger partial charge in [0.25, 0.3) is 0 Å². The number of nitrogens with one attached hydrogen (secondary N) is 2. The van der Waals surface area contributed by atoms with Crippen molar-refractivity contribution in [3.63, 3.8) is 0 Å². The zero-order valence-corrected chi connectivity index (χ0v) is 6.70. The third kappa shape index (κ3) is 1.09. The largest absolute Gasteiger partial charge is 0.356 e. The molecule has 0 amide bonds. The number of aromatic amines is 2. The molecule has 0 bridgehead atoms. The van der Waals surface area contributed by atoms with Crippen LogP contribution in [0.2, 0.25) is 0 Å². The third-order valence-corrected chi connectivity index (χ3v) is 1.73. The van der Waals surface area contributed by atoms with Crippen molar-refractivity contribution in [3.8, 4) is 11.5 Å². The Hall–Kier alpha value is -1.65. The molecule has 0 unspecified atom stereocenters. The molecule has 0 radical (unpaired) electrons. The van der Waals surface area contributed by atoms with Gasteiger partial charge >= 0.3 is 0 Å². The molecule has 5 nitrogen and oxygen atoms in total. The van der Waals surface area contributed by atoms with Crippen molar-refractivity contribution >= 4 is 0 Å². The van der Waals surface area contributed by atoms with E-state index in [1.54, 1.807) is 0 Å². The van der Waals surface area contributed by atoms with E-state index >= 15 is 0 Å². The van der Waals surface area contributed by atoms with Gasteiger partial charge in [0.05, 0.1) is 5.69 Å². The Morgan fingerprint density at radius 2 is 2.33 bits per heavy atom. The second-order valence-electron chi connectivity index (χ2n) is 2.50. The smallest absolute Gasteiger partial charge is 0.195 e. The molecule has 2 aromatic heterocycles. The van der Waals surface area contributed by atoms with E-state index in [1.807, 2.05) is 12.1 Å². The second kappa shape index (κ2) is 2.77. The molecule has 0 saturated carbocycles. The predicted molar refractivity (Wildman–Crippen MR) is 43.3 cm³/mol. The van der Waals surface area contributed by atoms with Gasteiger partial charge in [-0.15, -0.1) is 5.10 Å². The van der Waals surface area contributed by atoms with E-state index in [9.17, 15) is 0 Å². The summed E-state index contributed by atoms with van der Waals surface area (Å²) in [4.78, 5) is 3.19. The molecule has 62 valence electrons. The summed E-state index contributed by atoms with van der Waals surface area (Å²) in [6, 6.07) is 3.99. The maximum Gasteiger partial charge on any atom is 0.195 e. The Kier molecular flexibility index (Phi) is 1.62. The molecule has 0 spiro atoms. The summed E-state index contributed by atoms with van der Waals surface area (Å²) in [6.07, 6.45) is 0.988. The lowest BCUT2D eigenvalue weighted by Crippen LogP contribution is -1.82. The molecule has 2 heterocycles. The number of nitrogens with zero attached hydrogens (tertiary/aromatic N) is 3. The lowest BCUT2D eigenvalue weighted by molar-refractivity contribution is 0.881. The van der Waals surface area contributed by atoms with Gasteiger partial charge in [0, 0.05) is 5.69 Å². The van der Waals surface area contributed by atoms with Gasteiger partial charge in [-0.05, 0) is 29.0 Å². The maximum absolute atomic E-state index is 3.79. The summed E-state index contributed by atoms with van der Waals surface area (Å²) in [5.41, 5.74) is 2.11.